The van der Waals surface area contributed by atoms with Gasteiger partial charge in [-0.3, -0.25) is 9.59 Å². The minimum absolute atomic E-state index is 0.171. The van der Waals surface area contributed by atoms with Gasteiger partial charge >= 0.3 is 0 Å². The van der Waals surface area contributed by atoms with Crippen molar-refractivity contribution in [1.82, 2.24) is 14.8 Å². The van der Waals surface area contributed by atoms with E-state index >= 15 is 0 Å². The van der Waals surface area contributed by atoms with Crippen LogP contribution >= 0.6 is 0 Å². The van der Waals surface area contributed by atoms with Gasteiger partial charge in [-0.2, -0.15) is 0 Å². The number of rotatable bonds is 7. The number of benzene rings is 2. The highest BCUT2D eigenvalue weighted by molar-refractivity contribution is 5.97. The van der Waals surface area contributed by atoms with E-state index in [4.69, 9.17) is 4.74 Å². The van der Waals surface area contributed by atoms with E-state index < -0.39 is 18.0 Å². The van der Waals surface area contributed by atoms with Gasteiger partial charge in [-0.05, 0) is 42.3 Å². The number of pyridine rings is 1. The van der Waals surface area contributed by atoms with E-state index in [0.717, 1.165) is 11.1 Å². The Bertz CT molecular complexity index is 1310. The Morgan fingerprint density at radius 1 is 1.18 bits per heavy atom. The van der Waals surface area contributed by atoms with E-state index in [1.165, 1.54) is 23.1 Å². The predicted octanol–water partition coefficient (Wildman–Crippen LogP) is 4.38. The highest BCUT2D eigenvalue weighted by Crippen LogP contribution is 2.28. The zero-order chi connectivity index (χ0) is 27.2. The molecule has 1 aliphatic heterocycles. The molecule has 0 aliphatic carbocycles. The van der Waals surface area contributed by atoms with Crippen LogP contribution in [0.25, 0.3) is 12.2 Å². The molecule has 2 amide bonds. The molecule has 0 radical (unpaired) electrons. The number of carbonyl (C=O) groups is 2. The van der Waals surface area contributed by atoms with E-state index in [-0.39, 0.29) is 47.9 Å². The summed E-state index contributed by atoms with van der Waals surface area (Å²) in [6.45, 7) is 4.03. The minimum Gasteiger partial charge on any atom is -0.472 e. The fourth-order valence-electron chi connectivity index (χ4n) is 4.38. The molecule has 0 bridgehead atoms. The number of halogens is 1. The number of amides is 2. The highest BCUT2D eigenvalue weighted by Gasteiger charge is 2.34. The van der Waals surface area contributed by atoms with Gasteiger partial charge in [0.25, 0.3) is 11.8 Å². The molecule has 0 fully saturated rings. The molecule has 1 aliphatic rings. The van der Waals surface area contributed by atoms with Crippen molar-refractivity contribution >= 4 is 24.0 Å². The first-order chi connectivity index (χ1) is 18.3. The number of fused-ring (bicyclic) bond motifs is 1. The number of hydrogen-bond donors (Lipinski definition) is 1. The number of likely N-dealkylation sites (N-methyl/N-ethyl adjacent to an activating group) is 1. The van der Waals surface area contributed by atoms with Crippen LogP contribution in [0.3, 0.4) is 0 Å². The summed E-state index contributed by atoms with van der Waals surface area (Å²) >= 11 is 0. The van der Waals surface area contributed by atoms with Crippen LogP contribution < -0.4 is 4.74 Å². The Labute approximate surface area is 222 Å². The fraction of sp³-hybridized carbons (Fsp3) is 0.300. The van der Waals surface area contributed by atoms with Gasteiger partial charge in [-0.15, -0.1) is 0 Å². The van der Waals surface area contributed by atoms with Gasteiger partial charge in [0, 0.05) is 31.3 Å². The molecular weight excluding hydrogens is 485 g/mol. The molecule has 0 saturated heterocycles. The molecule has 8 heteroatoms. The molecule has 0 saturated carbocycles. The lowest BCUT2D eigenvalue weighted by Gasteiger charge is -2.37. The predicted molar refractivity (Wildman–Crippen MR) is 144 cm³/mol. The van der Waals surface area contributed by atoms with Crippen molar-refractivity contribution in [2.75, 3.05) is 26.7 Å². The van der Waals surface area contributed by atoms with Crippen LogP contribution in [-0.2, 0) is 0 Å². The van der Waals surface area contributed by atoms with Crippen LogP contribution in [0.4, 0.5) is 4.39 Å². The second kappa shape index (κ2) is 12.0. The molecule has 0 spiro atoms. The van der Waals surface area contributed by atoms with Gasteiger partial charge in [0.2, 0.25) is 5.88 Å². The van der Waals surface area contributed by atoms with Crippen LogP contribution in [0.1, 0.15) is 45.7 Å². The van der Waals surface area contributed by atoms with Gasteiger partial charge in [-0.1, -0.05) is 55.5 Å². The Morgan fingerprint density at radius 2 is 1.92 bits per heavy atom. The smallest absolute Gasteiger partial charge is 0.259 e. The number of carbonyl (C=O) groups excluding carboxylic acids is 2. The average molecular weight is 518 g/mol. The lowest BCUT2D eigenvalue weighted by Crippen LogP contribution is -2.50. The van der Waals surface area contributed by atoms with E-state index in [1.54, 1.807) is 37.2 Å². The molecule has 3 aromatic rings. The fourth-order valence-corrected chi connectivity index (χ4v) is 4.38. The third-order valence-corrected chi connectivity index (χ3v) is 6.68. The lowest BCUT2D eigenvalue weighted by molar-refractivity contribution is 0.0313. The number of aliphatic hydroxyl groups excluding tert-OH is 1. The molecule has 0 unspecified atom stereocenters. The van der Waals surface area contributed by atoms with Crippen molar-refractivity contribution in [3.05, 3.63) is 94.9 Å². The van der Waals surface area contributed by atoms with Gasteiger partial charge in [-0.25, -0.2) is 9.37 Å². The summed E-state index contributed by atoms with van der Waals surface area (Å²) in [5, 5.41) is 9.86. The van der Waals surface area contributed by atoms with Crippen molar-refractivity contribution in [2.45, 2.75) is 26.0 Å². The first kappa shape index (κ1) is 27.0. The van der Waals surface area contributed by atoms with E-state index in [9.17, 15) is 19.1 Å². The molecule has 1 N–H and O–H groups in total. The molecule has 198 valence electrons. The molecule has 4 rings (SSSR count). The maximum absolute atomic E-state index is 13.7. The maximum Gasteiger partial charge on any atom is 0.259 e. The second-order valence-electron chi connectivity index (χ2n) is 9.68. The molecule has 2 aromatic carbocycles. The number of ether oxygens (including phenoxy) is 1. The van der Waals surface area contributed by atoms with Crippen LogP contribution in [0.5, 0.6) is 5.88 Å². The minimum atomic E-state index is -0.504. The first-order valence-electron chi connectivity index (χ1n) is 12.6. The molecular formula is C30H32FN3O4. The second-order valence-corrected chi connectivity index (χ2v) is 9.68. The standard InChI is InChI=1S/C30H32FN3O4/c1-20-17-34(21(2)19-35)30(37)26-14-23(13-12-22-8-5-4-6-9-22)16-32-28(26)38-27(20)18-33(3)29(36)24-10-7-11-25(31)15-24/h4-16,20-21,27,35H,17-19H2,1-3H3/b13-12+/t20-,21-,27+/m0/s1. The normalized spacial score (nSPS) is 18.3. The summed E-state index contributed by atoms with van der Waals surface area (Å²) in [5.41, 5.74) is 2.27. The zero-order valence-electron chi connectivity index (χ0n) is 21.8. The van der Waals surface area contributed by atoms with E-state index in [0.29, 0.717) is 6.54 Å². The highest BCUT2D eigenvalue weighted by atomic mass is 19.1. The number of aromatic nitrogens is 1. The van der Waals surface area contributed by atoms with Crippen molar-refractivity contribution in [3.8, 4) is 5.88 Å². The summed E-state index contributed by atoms with van der Waals surface area (Å²) in [5.74, 6) is -1.12. The number of nitrogens with zero attached hydrogens (tertiary/aromatic N) is 3. The topological polar surface area (TPSA) is 83.0 Å². The summed E-state index contributed by atoms with van der Waals surface area (Å²) in [6, 6.07) is 16.6. The maximum atomic E-state index is 13.7. The molecule has 38 heavy (non-hydrogen) atoms. The molecule has 1 aromatic heterocycles. The van der Waals surface area contributed by atoms with Crippen LogP contribution in [0, 0.1) is 11.7 Å². The lowest BCUT2D eigenvalue weighted by atomic mass is 9.99. The molecule has 7 nitrogen and oxygen atoms in total. The Kier molecular flexibility index (Phi) is 8.53. The summed E-state index contributed by atoms with van der Waals surface area (Å²) in [4.78, 5) is 34.1. The quantitative estimate of drug-likeness (QED) is 0.503. The van der Waals surface area contributed by atoms with Crippen molar-refractivity contribution in [3.63, 3.8) is 0 Å². The SMILES string of the molecule is C[C@H]1CN([C@@H](C)CO)C(=O)c2cc(/C=C/c3ccccc3)cnc2O[C@@H]1CN(C)C(=O)c1cccc(F)c1. The Balaban J connectivity index is 1.64. The largest absolute Gasteiger partial charge is 0.472 e. The van der Waals surface area contributed by atoms with Crippen molar-refractivity contribution in [2.24, 2.45) is 5.92 Å². The van der Waals surface area contributed by atoms with Gasteiger partial charge < -0.3 is 19.6 Å². The Hall–Kier alpha value is -4.04. The van der Waals surface area contributed by atoms with Crippen molar-refractivity contribution in [1.29, 1.82) is 0 Å². The third kappa shape index (κ3) is 6.26. The van der Waals surface area contributed by atoms with Gasteiger partial charge in [0.1, 0.15) is 17.5 Å². The van der Waals surface area contributed by atoms with Gasteiger partial charge in [0.05, 0.1) is 19.2 Å². The van der Waals surface area contributed by atoms with E-state index in [2.05, 4.69) is 4.98 Å². The Morgan fingerprint density at radius 3 is 2.63 bits per heavy atom. The summed E-state index contributed by atoms with van der Waals surface area (Å²) in [6.07, 6.45) is 4.94. The molecule has 3 atom stereocenters. The van der Waals surface area contributed by atoms with Crippen LogP contribution in [0.2, 0.25) is 0 Å². The van der Waals surface area contributed by atoms with Crippen LogP contribution in [-0.4, -0.2) is 70.6 Å². The third-order valence-electron chi connectivity index (χ3n) is 6.68. The first-order valence-corrected chi connectivity index (χ1v) is 12.6. The van der Waals surface area contributed by atoms with Gasteiger partial charge in [0.15, 0.2) is 0 Å². The number of aliphatic hydroxyl groups is 1. The van der Waals surface area contributed by atoms with E-state index in [1.807, 2.05) is 49.4 Å². The van der Waals surface area contributed by atoms with Crippen LogP contribution in [0.15, 0.2) is 66.9 Å². The molecule has 2 heterocycles. The zero-order valence-corrected chi connectivity index (χ0v) is 21.8. The van der Waals surface area contributed by atoms with Crippen molar-refractivity contribution < 1.29 is 23.8 Å². The summed E-state index contributed by atoms with van der Waals surface area (Å²) < 4.78 is 19.9. The number of hydrogen-bond acceptors (Lipinski definition) is 5. The summed E-state index contributed by atoms with van der Waals surface area (Å²) in [7, 11) is 1.63. The average Bonchev–Trinajstić information content (AvgIpc) is 2.93. The monoisotopic (exact) mass is 517 g/mol.